The number of hydrogen-bond acceptors (Lipinski definition) is 2. The summed E-state index contributed by atoms with van der Waals surface area (Å²) < 4.78 is 1.92. The molecule has 1 atom stereocenters. The minimum atomic E-state index is 0.229. The van der Waals surface area contributed by atoms with E-state index in [9.17, 15) is 0 Å². The molecule has 1 N–H and O–H groups in total. The summed E-state index contributed by atoms with van der Waals surface area (Å²) in [5.41, 5.74) is 2.28. The number of nitrogens with zero attached hydrogens (tertiary/aromatic N) is 1. The first-order valence-corrected chi connectivity index (χ1v) is 8.85. The van der Waals surface area contributed by atoms with E-state index >= 15 is 0 Å². The van der Waals surface area contributed by atoms with Gasteiger partial charge in [-0.2, -0.15) is 0 Å². The Hall–Kier alpha value is -0.420. The Morgan fingerprint density at radius 3 is 2.67 bits per heavy atom. The average molecular weight is 433 g/mol. The predicted octanol–water partition coefficient (Wildman–Crippen LogP) is 5.54. The van der Waals surface area contributed by atoms with Gasteiger partial charge in [-0.25, -0.2) is 0 Å². The molecule has 21 heavy (non-hydrogen) atoms. The van der Waals surface area contributed by atoms with Gasteiger partial charge in [0.15, 0.2) is 0 Å². The van der Waals surface area contributed by atoms with Crippen LogP contribution in [0.1, 0.15) is 30.6 Å². The quantitative estimate of drug-likeness (QED) is 0.648. The lowest BCUT2D eigenvalue weighted by atomic mass is 10.0. The lowest BCUT2D eigenvalue weighted by Gasteiger charge is -2.19. The number of hydrogen-bond donors (Lipinski definition) is 1. The molecule has 0 radical (unpaired) electrons. The fraction of sp³-hybridized carbons (Fsp3) is 0.312. The molecule has 0 amide bonds. The van der Waals surface area contributed by atoms with Gasteiger partial charge in [-0.05, 0) is 74.7 Å². The summed E-state index contributed by atoms with van der Waals surface area (Å²) in [7, 11) is 0. The molecule has 1 aromatic heterocycles. The van der Waals surface area contributed by atoms with Crippen molar-refractivity contribution in [3.05, 3.63) is 61.8 Å². The largest absolute Gasteiger partial charge is 0.310 e. The van der Waals surface area contributed by atoms with Gasteiger partial charge >= 0.3 is 0 Å². The standard InChI is InChI=1S/C16H17Br2ClN2/c1-2-7-20-16(9-13-5-4-12(17)10-21-13)11-3-6-15(19)14(18)8-11/h3-6,8,10,16,20H,2,7,9H2,1H3. The molecule has 0 spiro atoms. The zero-order chi connectivity index (χ0) is 15.2. The molecule has 0 aliphatic rings. The zero-order valence-electron chi connectivity index (χ0n) is 11.7. The van der Waals surface area contributed by atoms with Crippen LogP contribution in [0.3, 0.4) is 0 Å². The van der Waals surface area contributed by atoms with Crippen molar-refractivity contribution in [1.29, 1.82) is 0 Å². The molecule has 5 heteroatoms. The molecule has 112 valence electrons. The second-order valence-electron chi connectivity index (χ2n) is 4.85. The average Bonchev–Trinajstić information content (AvgIpc) is 2.48. The first-order chi connectivity index (χ1) is 10.1. The van der Waals surface area contributed by atoms with Crippen molar-refractivity contribution in [2.24, 2.45) is 0 Å². The van der Waals surface area contributed by atoms with E-state index in [4.69, 9.17) is 11.6 Å². The molecule has 0 fully saturated rings. The Labute approximate surface area is 147 Å². The molecular weight excluding hydrogens is 415 g/mol. The number of aromatic nitrogens is 1. The third-order valence-electron chi connectivity index (χ3n) is 3.19. The van der Waals surface area contributed by atoms with Crippen LogP contribution in [0, 0.1) is 0 Å². The Balaban J connectivity index is 2.20. The highest BCUT2D eigenvalue weighted by atomic mass is 79.9. The van der Waals surface area contributed by atoms with Gasteiger partial charge in [-0.1, -0.05) is 24.6 Å². The summed E-state index contributed by atoms with van der Waals surface area (Å²) >= 11 is 13.0. The second-order valence-corrected chi connectivity index (χ2v) is 7.03. The van der Waals surface area contributed by atoms with Crippen molar-refractivity contribution < 1.29 is 0 Å². The minimum Gasteiger partial charge on any atom is -0.310 e. The number of rotatable bonds is 6. The van der Waals surface area contributed by atoms with Crippen LogP contribution in [0.2, 0.25) is 5.02 Å². The first-order valence-electron chi connectivity index (χ1n) is 6.89. The van der Waals surface area contributed by atoms with E-state index in [0.717, 1.165) is 39.0 Å². The van der Waals surface area contributed by atoms with Crippen LogP contribution in [0.4, 0.5) is 0 Å². The number of benzene rings is 1. The van der Waals surface area contributed by atoms with Crippen molar-refractivity contribution >= 4 is 43.5 Å². The zero-order valence-corrected chi connectivity index (χ0v) is 15.7. The fourth-order valence-electron chi connectivity index (χ4n) is 2.09. The highest BCUT2D eigenvalue weighted by molar-refractivity contribution is 9.10. The van der Waals surface area contributed by atoms with E-state index < -0.39 is 0 Å². The van der Waals surface area contributed by atoms with Crippen molar-refractivity contribution in [2.45, 2.75) is 25.8 Å². The minimum absolute atomic E-state index is 0.229. The van der Waals surface area contributed by atoms with Gasteiger partial charge in [0.2, 0.25) is 0 Å². The molecule has 0 saturated carbocycles. The van der Waals surface area contributed by atoms with Crippen LogP contribution in [-0.4, -0.2) is 11.5 Å². The summed E-state index contributed by atoms with van der Waals surface area (Å²) in [5.74, 6) is 0. The van der Waals surface area contributed by atoms with Gasteiger partial charge in [0, 0.05) is 33.3 Å². The summed E-state index contributed by atoms with van der Waals surface area (Å²) in [6.07, 6.45) is 3.78. The Morgan fingerprint density at radius 1 is 1.24 bits per heavy atom. The summed E-state index contributed by atoms with van der Waals surface area (Å²) in [6, 6.07) is 10.4. The molecule has 0 aliphatic heterocycles. The van der Waals surface area contributed by atoms with E-state index in [1.54, 1.807) is 0 Å². The molecule has 2 rings (SSSR count). The Kier molecular flexibility index (Phi) is 6.68. The van der Waals surface area contributed by atoms with Crippen LogP contribution >= 0.6 is 43.5 Å². The predicted molar refractivity (Wildman–Crippen MR) is 95.8 cm³/mol. The van der Waals surface area contributed by atoms with Crippen molar-refractivity contribution in [1.82, 2.24) is 10.3 Å². The molecular formula is C16H17Br2ClN2. The summed E-state index contributed by atoms with van der Waals surface area (Å²) in [5, 5.41) is 4.31. The maximum absolute atomic E-state index is 6.08. The monoisotopic (exact) mass is 430 g/mol. The number of nitrogens with one attached hydrogen (secondary N) is 1. The lowest BCUT2D eigenvalue weighted by Crippen LogP contribution is -2.24. The normalized spacial score (nSPS) is 12.4. The lowest BCUT2D eigenvalue weighted by molar-refractivity contribution is 0.524. The molecule has 1 unspecified atom stereocenters. The molecule has 2 nitrogen and oxygen atoms in total. The van der Waals surface area contributed by atoms with Crippen LogP contribution in [-0.2, 0) is 6.42 Å². The van der Waals surface area contributed by atoms with Crippen LogP contribution in [0.15, 0.2) is 45.5 Å². The first kappa shape index (κ1) is 16.9. The van der Waals surface area contributed by atoms with Crippen LogP contribution in [0.25, 0.3) is 0 Å². The van der Waals surface area contributed by atoms with Gasteiger partial charge in [0.1, 0.15) is 0 Å². The van der Waals surface area contributed by atoms with Gasteiger partial charge in [-0.3, -0.25) is 4.98 Å². The number of pyridine rings is 1. The van der Waals surface area contributed by atoms with Gasteiger partial charge in [0.25, 0.3) is 0 Å². The molecule has 0 bridgehead atoms. The van der Waals surface area contributed by atoms with Crippen molar-refractivity contribution in [2.75, 3.05) is 6.54 Å². The van der Waals surface area contributed by atoms with E-state index in [-0.39, 0.29) is 6.04 Å². The van der Waals surface area contributed by atoms with E-state index in [0.29, 0.717) is 0 Å². The summed E-state index contributed by atoms with van der Waals surface area (Å²) in [6.45, 7) is 3.14. The maximum Gasteiger partial charge on any atom is 0.0548 e. The third kappa shape index (κ3) is 5.06. The van der Waals surface area contributed by atoms with Crippen molar-refractivity contribution in [3.8, 4) is 0 Å². The Morgan fingerprint density at radius 2 is 2.05 bits per heavy atom. The molecule has 2 aromatic rings. The maximum atomic E-state index is 6.08. The highest BCUT2D eigenvalue weighted by Gasteiger charge is 2.13. The van der Waals surface area contributed by atoms with Crippen LogP contribution in [0.5, 0.6) is 0 Å². The topological polar surface area (TPSA) is 24.9 Å². The van der Waals surface area contributed by atoms with E-state index in [1.165, 1.54) is 5.56 Å². The molecule has 0 aliphatic carbocycles. The molecule has 0 saturated heterocycles. The van der Waals surface area contributed by atoms with Gasteiger partial charge in [-0.15, -0.1) is 0 Å². The second kappa shape index (κ2) is 8.28. The van der Waals surface area contributed by atoms with E-state index in [2.05, 4.69) is 67.3 Å². The Bertz CT molecular complexity index is 587. The van der Waals surface area contributed by atoms with Gasteiger partial charge < -0.3 is 5.32 Å². The summed E-state index contributed by atoms with van der Waals surface area (Å²) in [4.78, 5) is 4.47. The van der Waals surface area contributed by atoms with Gasteiger partial charge in [0.05, 0.1) is 5.02 Å². The van der Waals surface area contributed by atoms with Crippen LogP contribution < -0.4 is 5.32 Å². The highest BCUT2D eigenvalue weighted by Crippen LogP contribution is 2.27. The smallest absolute Gasteiger partial charge is 0.0548 e. The van der Waals surface area contributed by atoms with E-state index in [1.807, 2.05) is 18.3 Å². The third-order valence-corrected chi connectivity index (χ3v) is 4.87. The molecule has 1 heterocycles. The molecule has 1 aromatic carbocycles. The number of halogens is 3. The fourth-order valence-corrected chi connectivity index (χ4v) is 2.84. The van der Waals surface area contributed by atoms with Crippen molar-refractivity contribution in [3.63, 3.8) is 0 Å². The SMILES string of the molecule is CCCNC(Cc1ccc(Br)cn1)c1ccc(Cl)c(Br)c1.